The van der Waals surface area contributed by atoms with E-state index in [1.54, 1.807) is 23.7 Å². The van der Waals surface area contributed by atoms with Gasteiger partial charge >= 0.3 is 0 Å². The summed E-state index contributed by atoms with van der Waals surface area (Å²) in [6.07, 6.45) is 4.96. The third kappa shape index (κ3) is 2.94. The van der Waals surface area contributed by atoms with Gasteiger partial charge in [-0.15, -0.1) is 11.3 Å². The van der Waals surface area contributed by atoms with E-state index in [0.717, 1.165) is 34.6 Å². The molecule has 5 rings (SSSR count). The lowest BCUT2D eigenvalue weighted by molar-refractivity contribution is -0.116. The van der Waals surface area contributed by atoms with Crippen molar-refractivity contribution in [3.8, 4) is 0 Å². The molecule has 2 aliphatic rings. The van der Waals surface area contributed by atoms with Crippen molar-refractivity contribution in [2.24, 2.45) is 0 Å². The predicted octanol–water partition coefficient (Wildman–Crippen LogP) is 5.12. The molecule has 0 fully saturated rings. The minimum Gasteiger partial charge on any atom is -0.372 e. The summed E-state index contributed by atoms with van der Waals surface area (Å²) in [4.78, 5) is 18.7. The Morgan fingerprint density at radius 1 is 0.963 bits per heavy atom. The van der Waals surface area contributed by atoms with Gasteiger partial charge in [-0.25, -0.2) is 0 Å². The number of rotatable bonds is 2. The minimum absolute atomic E-state index is 0.170. The zero-order valence-corrected chi connectivity index (χ0v) is 15.5. The number of pyridine rings is 1. The Kier molecular flexibility index (Phi) is 4.02. The monoisotopic (exact) mass is 373 g/mol. The first kappa shape index (κ1) is 16.3. The van der Waals surface area contributed by atoms with E-state index in [1.165, 1.54) is 4.88 Å². The van der Waals surface area contributed by atoms with Crippen LogP contribution in [0.25, 0.3) is 0 Å². The average Bonchev–Trinajstić information content (AvgIpc) is 3.17. The molecule has 0 saturated carbocycles. The second-order valence-electron chi connectivity index (χ2n) is 6.96. The largest absolute Gasteiger partial charge is 0.372 e. The van der Waals surface area contributed by atoms with Gasteiger partial charge in [-0.2, -0.15) is 0 Å². The van der Waals surface area contributed by atoms with Crippen LogP contribution in [0.3, 0.4) is 0 Å². The Morgan fingerprint density at radius 2 is 1.78 bits per heavy atom. The van der Waals surface area contributed by atoms with Crippen molar-refractivity contribution in [1.29, 1.82) is 0 Å². The van der Waals surface area contributed by atoms with Crippen molar-refractivity contribution >= 4 is 28.5 Å². The van der Waals surface area contributed by atoms with Crippen molar-refractivity contribution in [3.63, 3.8) is 0 Å². The van der Waals surface area contributed by atoms with Crippen LogP contribution in [-0.4, -0.2) is 10.8 Å². The van der Waals surface area contributed by atoms with E-state index in [1.807, 2.05) is 24.3 Å². The highest BCUT2D eigenvalue weighted by atomic mass is 32.1. The van der Waals surface area contributed by atoms with Crippen LogP contribution in [0, 0.1) is 0 Å². The molecule has 2 N–H and O–H groups in total. The number of nitrogens with zero attached hydrogens (tertiary/aromatic N) is 1. The molecule has 3 heterocycles. The normalized spacial score (nSPS) is 21.6. The molecule has 2 aromatic heterocycles. The second-order valence-corrected chi connectivity index (χ2v) is 7.94. The van der Waals surface area contributed by atoms with E-state index in [2.05, 4.69) is 45.3 Å². The van der Waals surface area contributed by atoms with Gasteiger partial charge in [0.15, 0.2) is 5.78 Å². The van der Waals surface area contributed by atoms with Gasteiger partial charge in [-0.3, -0.25) is 9.78 Å². The minimum atomic E-state index is -0.170. The highest BCUT2D eigenvalue weighted by Crippen LogP contribution is 2.44. The van der Waals surface area contributed by atoms with E-state index in [9.17, 15) is 4.79 Å². The number of carbonyl (C=O) groups is 1. The molecule has 5 heteroatoms. The third-order valence-corrected chi connectivity index (χ3v) is 6.33. The number of benzene rings is 1. The number of allylic oxidation sites excluding steroid dienone is 1. The van der Waals surface area contributed by atoms with E-state index < -0.39 is 0 Å². The molecule has 0 saturated heterocycles. The fourth-order valence-corrected chi connectivity index (χ4v) is 4.85. The van der Waals surface area contributed by atoms with Crippen LogP contribution in [0.1, 0.15) is 35.2 Å². The Balaban J connectivity index is 1.63. The molecule has 134 valence electrons. The van der Waals surface area contributed by atoms with Crippen molar-refractivity contribution < 1.29 is 4.79 Å². The molecule has 2 atom stereocenters. The Morgan fingerprint density at radius 3 is 2.56 bits per heavy atom. The molecular formula is C22H19N3OS. The number of ketones is 1. The Labute approximate surface area is 162 Å². The molecule has 4 nitrogen and oxygen atoms in total. The molecule has 1 aliphatic heterocycles. The number of nitrogens with one attached hydrogen (secondary N) is 2. The molecule has 1 aliphatic carbocycles. The summed E-state index contributed by atoms with van der Waals surface area (Å²) < 4.78 is 0. The van der Waals surface area contributed by atoms with E-state index in [-0.39, 0.29) is 17.7 Å². The van der Waals surface area contributed by atoms with Gasteiger partial charge in [0.25, 0.3) is 0 Å². The number of hydrogen-bond donors (Lipinski definition) is 2. The SMILES string of the molecule is O=C1C[C@H](c2cccs2)CC2=C1[C@H](c1ccncc1)Nc1ccccc1N2. The standard InChI is InChI=1S/C22H19N3OS/c26-19-13-15(20-6-3-11-27-20)12-18-21(19)22(14-7-9-23-10-8-14)25-17-5-2-1-4-16(17)24-18/h1-11,15,22,24-25H,12-13H2/t15-,22+/m1/s1. The number of hydrogen-bond acceptors (Lipinski definition) is 5. The molecule has 3 aromatic rings. The van der Waals surface area contributed by atoms with Crippen molar-refractivity contribution in [3.05, 3.63) is 88.0 Å². The fraction of sp³-hybridized carbons (Fsp3) is 0.182. The highest BCUT2D eigenvalue weighted by molar-refractivity contribution is 7.10. The fourth-order valence-electron chi connectivity index (χ4n) is 4.02. The van der Waals surface area contributed by atoms with Gasteiger partial charge in [-0.1, -0.05) is 18.2 Å². The van der Waals surface area contributed by atoms with Crippen LogP contribution in [0.5, 0.6) is 0 Å². The van der Waals surface area contributed by atoms with Crippen LogP contribution >= 0.6 is 11.3 Å². The van der Waals surface area contributed by atoms with E-state index >= 15 is 0 Å². The van der Waals surface area contributed by atoms with Crippen LogP contribution < -0.4 is 10.6 Å². The summed E-state index contributed by atoms with van der Waals surface area (Å²) in [5.74, 6) is 0.455. The number of Topliss-reactive ketones (excluding diaryl/α,β-unsaturated/α-hetero) is 1. The predicted molar refractivity (Wildman–Crippen MR) is 109 cm³/mol. The van der Waals surface area contributed by atoms with E-state index in [4.69, 9.17) is 0 Å². The lowest BCUT2D eigenvalue weighted by atomic mass is 9.81. The number of aromatic nitrogens is 1. The van der Waals surface area contributed by atoms with Gasteiger partial charge in [-0.05, 0) is 47.7 Å². The van der Waals surface area contributed by atoms with Gasteiger partial charge in [0.2, 0.25) is 0 Å². The summed E-state index contributed by atoms with van der Waals surface area (Å²) >= 11 is 1.73. The van der Waals surface area contributed by atoms with Crippen molar-refractivity contribution in [1.82, 2.24) is 4.98 Å². The van der Waals surface area contributed by atoms with Gasteiger partial charge in [0, 0.05) is 40.9 Å². The number of anilines is 2. The Hall–Kier alpha value is -2.92. The Bertz CT molecular complexity index is 1010. The third-order valence-electron chi connectivity index (χ3n) is 5.29. The smallest absolute Gasteiger partial charge is 0.163 e. The first-order valence-electron chi connectivity index (χ1n) is 9.12. The molecule has 0 spiro atoms. The number of thiophene rings is 1. The molecule has 0 bridgehead atoms. The molecule has 1 aromatic carbocycles. The van der Waals surface area contributed by atoms with Crippen LogP contribution in [0.2, 0.25) is 0 Å². The highest BCUT2D eigenvalue weighted by Gasteiger charge is 2.36. The second kappa shape index (κ2) is 6.67. The van der Waals surface area contributed by atoms with Crippen LogP contribution in [-0.2, 0) is 4.79 Å². The molecule has 0 amide bonds. The summed E-state index contributed by atoms with van der Waals surface area (Å²) in [7, 11) is 0. The lowest BCUT2D eigenvalue weighted by Gasteiger charge is -2.29. The number of carbonyl (C=O) groups excluding carboxylic acids is 1. The molecule has 0 radical (unpaired) electrons. The van der Waals surface area contributed by atoms with Crippen LogP contribution in [0.4, 0.5) is 11.4 Å². The number of para-hydroxylation sites is 2. The molecule has 27 heavy (non-hydrogen) atoms. The topological polar surface area (TPSA) is 54.0 Å². The molecule has 0 unspecified atom stereocenters. The van der Waals surface area contributed by atoms with E-state index in [0.29, 0.717) is 6.42 Å². The first-order chi connectivity index (χ1) is 13.3. The quantitative estimate of drug-likeness (QED) is 0.654. The summed E-state index contributed by atoms with van der Waals surface area (Å²) in [5, 5.41) is 9.24. The maximum absolute atomic E-state index is 13.3. The summed E-state index contributed by atoms with van der Waals surface area (Å²) in [6.45, 7) is 0. The average molecular weight is 373 g/mol. The van der Waals surface area contributed by atoms with Gasteiger partial charge in [0.05, 0.1) is 17.4 Å². The zero-order chi connectivity index (χ0) is 18.2. The van der Waals surface area contributed by atoms with Gasteiger partial charge in [0.1, 0.15) is 0 Å². The lowest BCUT2D eigenvalue weighted by Crippen LogP contribution is -2.26. The number of fused-ring (bicyclic) bond motifs is 1. The first-order valence-corrected chi connectivity index (χ1v) is 10.00. The van der Waals surface area contributed by atoms with Crippen LogP contribution in [0.15, 0.2) is 77.6 Å². The summed E-state index contributed by atoms with van der Waals surface area (Å²) in [6, 6.07) is 16.1. The van der Waals surface area contributed by atoms with Crippen molar-refractivity contribution in [2.75, 3.05) is 10.6 Å². The summed E-state index contributed by atoms with van der Waals surface area (Å²) in [5.41, 5.74) is 4.96. The zero-order valence-electron chi connectivity index (χ0n) is 14.7. The molecular weight excluding hydrogens is 354 g/mol. The van der Waals surface area contributed by atoms with Crippen molar-refractivity contribution in [2.45, 2.75) is 24.8 Å². The maximum atomic E-state index is 13.3. The van der Waals surface area contributed by atoms with Gasteiger partial charge < -0.3 is 10.6 Å². The maximum Gasteiger partial charge on any atom is 0.163 e.